The summed E-state index contributed by atoms with van der Waals surface area (Å²) in [6.45, 7) is 5.51. The average molecular weight is 265 g/mol. The van der Waals surface area contributed by atoms with Gasteiger partial charge in [0.15, 0.2) is 5.79 Å². The predicted octanol–water partition coefficient (Wildman–Crippen LogP) is 2.73. The Morgan fingerprint density at radius 3 is 2.26 bits per heavy atom. The number of benzene rings is 1. The van der Waals surface area contributed by atoms with Crippen molar-refractivity contribution in [1.29, 1.82) is 0 Å². The van der Waals surface area contributed by atoms with Gasteiger partial charge < -0.3 is 9.47 Å². The summed E-state index contributed by atoms with van der Waals surface area (Å²) in [6.07, 6.45) is 1.83. The molecule has 0 bridgehead atoms. The minimum atomic E-state index is -0.320. The van der Waals surface area contributed by atoms with Crippen molar-refractivity contribution in [2.75, 3.05) is 26.3 Å². The smallest absolute Gasteiger partial charge is 0.170 e. The van der Waals surface area contributed by atoms with Gasteiger partial charge >= 0.3 is 0 Å². The molecule has 3 rings (SSSR count). The van der Waals surface area contributed by atoms with Gasteiger partial charge in [0, 0.05) is 32.0 Å². The summed E-state index contributed by atoms with van der Waals surface area (Å²) in [7, 11) is 0. The third-order valence-electron chi connectivity index (χ3n) is 4.27. The molecular weight excluding hydrogens is 245 g/mol. The minimum Gasteiger partial charge on any atom is -0.347 e. The monoisotopic (exact) mass is 265 g/mol. The first-order valence-corrected chi connectivity index (χ1v) is 6.96. The number of hydrogen-bond acceptors (Lipinski definition) is 3. The Bertz CT molecular complexity index is 418. The number of likely N-dealkylation sites (tertiary alicyclic amines) is 1. The zero-order valence-corrected chi connectivity index (χ0v) is 11.3. The first-order chi connectivity index (χ1) is 9.19. The Hall–Kier alpha value is -0.970. The van der Waals surface area contributed by atoms with Crippen molar-refractivity contribution in [1.82, 2.24) is 4.90 Å². The second-order valence-electron chi connectivity index (χ2n) is 5.37. The standard InChI is InChI=1S/C15H20FNO2/c1-12(13-2-4-14(16)5-3-13)17-8-6-15(7-9-17)18-10-11-19-15/h2-5,12H,6-11H2,1H3/t12-/m1/s1. The van der Waals surface area contributed by atoms with Gasteiger partial charge in [0.1, 0.15) is 5.82 Å². The molecule has 2 fully saturated rings. The molecule has 4 heteroatoms. The van der Waals surface area contributed by atoms with Crippen LogP contribution in [-0.4, -0.2) is 37.0 Å². The van der Waals surface area contributed by atoms with Crippen molar-refractivity contribution in [3.8, 4) is 0 Å². The van der Waals surface area contributed by atoms with E-state index in [0.29, 0.717) is 19.3 Å². The van der Waals surface area contributed by atoms with Gasteiger partial charge in [0.05, 0.1) is 13.2 Å². The van der Waals surface area contributed by atoms with Crippen LogP contribution in [0.15, 0.2) is 24.3 Å². The highest BCUT2D eigenvalue weighted by Gasteiger charge is 2.40. The fourth-order valence-electron chi connectivity index (χ4n) is 2.99. The molecule has 0 amide bonds. The molecule has 2 heterocycles. The van der Waals surface area contributed by atoms with E-state index in [0.717, 1.165) is 31.5 Å². The summed E-state index contributed by atoms with van der Waals surface area (Å²) in [5.41, 5.74) is 1.16. The SMILES string of the molecule is C[C@H](c1ccc(F)cc1)N1CCC2(CC1)OCCO2. The first-order valence-electron chi connectivity index (χ1n) is 6.96. The highest BCUT2D eigenvalue weighted by Crippen LogP contribution is 2.34. The summed E-state index contributed by atoms with van der Waals surface area (Å²) in [5, 5.41) is 0. The molecule has 0 saturated carbocycles. The van der Waals surface area contributed by atoms with E-state index in [1.54, 1.807) is 0 Å². The van der Waals surface area contributed by atoms with Crippen LogP contribution in [0.1, 0.15) is 31.4 Å². The Kier molecular flexibility index (Phi) is 3.56. The Balaban J connectivity index is 1.63. The van der Waals surface area contributed by atoms with E-state index in [-0.39, 0.29) is 11.6 Å². The zero-order valence-electron chi connectivity index (χ0n) is 11.3. The predicted molar refractivity (Wildman–Crippen MR) is 70.3 cm³/mol. The average Bonchev–Trinajstić information content (AvgIpc) is 2.88. The van der Waals surface area contributed by atoms with Gasteiger partial charge in [-0.2, -0.15) is 0 Å². The maximum absolute atomic E-state index is 12.9. The van der Waals surface area contributed by atoms with E-state index in [9.17, 15) is 4.39 Å². The molecule has 3 nitrogen and oxygen atoms in total. The Labute approximate surface area is 113 Å². The fraction of sp³-hybridized carbons (Fsp3) is 0.600. The molecule has 1 atom stereocenters. The van der Waals surface area contributed by atoms with Crippen LogP contribution < -0.4 is 0 Å². The van der Waals surface area contributed by atoms with Crippen LogP contribution in [-0.2, 0) is 9.47 Å². The largest absolute Gasteiger partial charge is 0.347 e. The molecule has 1 aromatic carbocycles. The lowest BCUT2D eigenvalue weighted by molar-refractivity contribution is -0.187. The number of hydrogen-bond donors (Lipinski definition) is 0. The minimum absolute atomic E-state index is 0.179. The third kappa shape index (κ3) is 2.66. The van der Waals surface area contributed by atoms with Gasteiger partial charge in [-0.1, -0.05) is 12.1 Å². The molecule has 2 aliphatic rings. The van der Waals surface area contributed by atoms with E-state index in [1.165, 1.54) is 12.1 Å². The van der Waals surface area contributed by atoms with E-state index >= 15 is 0 Å². The third-order valence-corrected chi connectivity index (χ3v) is 4.27. The molecule has 19 heavy (non-hydrogen) atoms. The van der Waals surface area contributed by atoms with Crippen LogP contribution in [0.2, 0.25) is 0 Å². The van der Waals surface area contributed by atoms with Crippen LogP contribution in [0.4, 0.5) is 4.39 Å². The molecule has 0 unspecified atom stereocenters. The van der Waals surface area contributed by atoms with Crippen molar-refractivity contribution in [3.63, 3.8) is 0 Å². The van der Waals surface area contributed by atoms with Crippen molar-refractivity contribution >= 4 is 0 Å². The second kappa shape index (κ2) is 5.19. The summed E-state index contributed by atoms with van der Waals surface area (Å²) in [5.74, 6) is -0.500. The number of rotatable bonds is 2. The topological polar surface area (TPSA) is 21.7 Å². The number of ether oxygens (including phenoxy) is 2. The molecule has 0 radical (unpaired) electrons. The first kappa shape index (κ1) is 13.0. The highest BCUT2D eigenvalue weighted by molar-refractivity contribution is 5.19. The van der Waals surface area contributed by atoms with Gasteiger partial charge in [-0.05, 0) is 24.6 Å². The van der Waals surface area contributed by atoms with Crippen molar-refractivity contribution in [2.45, 2.75) is 31.6 Å². The summed E-state index contributed by atoms with van der Waals surface area (Å²) in [6, 6.07) is 7.10. The lowest BCUT2D eigenvalue weighted by atomic mass is 9.99. The lowest BCUT2D eigenvalue weighted by Crippen LogP contribution is -2.45. The lowest BCUT2D eigenvalue weighted by Gasteiger charge is -2.40. The van der Waals surface area contributed by atoms with Crippen molar-refractivity contribution in [3.05, 3.63) is 35.6 Å². The molecule has 1 aromatic rings. The van der Waals surface area contributed by atoms with Crippen molar-refractivity contribution in [2.24, 2.45) is 0 Å². The molecule has 2 aliphatic heterocycles. The Morgan fingerprint density at radius 1 is 1.11 bits per heavy atom. The molecule has 0 aliphatic carbocycles. The molecule has 0 aromatic heterocycles. The maximum atomic E-state index is 12.9. The number of nitrogens with zero attached hydrogens (tertiary/aromatic N) is 1. The highest BCUT2D eigenvalue weighted by atomic mass is 19.1. The van der Waals surface area contributed by atoms with Crippen LogP contribution in [0.3, 0.4) is 0 Å². The molecule has 2 saturated heterocycles. The van der Waals surface area contributed by atoms with E-state index in [1.807, 2.05) is 12.1 Å². The van der Waals surface area contributed by atoms with Gasteiger partial charge in [-0.3, -0.25) is 4.90 Å². The van der Waals surface area contributed by atoms with Gasteiger partial charge in [-0.15, -0.1) is 0 Å². The van der Waals surface area contributed by atoms with Crippen LogP contribution in [0.5, 0.6) is 0 Å². The number of piperidine rings is 1. The molecular formula is C15H20FNO2. The zero-order chi connectivity index (χ0) is 13.3. The van der Waals surface area contributed by atoms with E-state index in [2.05, 4.69) is 11.8 Å². The molecule has 104 valence electrons. The normalized spacial score (nSPS) is 24.7. The van der Waals surface area contributed by atoms with Crippen LogP contribution in [0.25, 0.3) is 0 Å². The van der Waals surface area contributed by atoms with Crippen molar-refractivity contribution < 1.29 is 13.9 Å². The fourth-order valence-corrected chi connectivity index (χ4v) is 2.99. The van der Waals surface area contributed by atoms with Crippen LogP contribution >= 0.6 is 0 Å². The van der Waals surface area contributed by atoms with Crippen LogP contribution in [0, 0.1) is 5.82 Å². The summed E-state index contributed by atoms with van der Waals surface area (Å²) >= 11 is 0. The van der Waals surface area contributed by atoms with E-state index in [4.69, 9.17) is 9.47 Å². The molecule has 0 N–H and O–H groups in total. The van der Waals surface area contributed by atoms with E-state index < -0.39 is 0 Å². The van der Waals surface area contributed by atoms with Gasteiger partial charge in [0.25, 0.3) is 0 Å². The summed E-state index contributed by atoms with van der Waals surface area (Å²) in [4.78, 5) is 2.41. The second-order valence-corrected chi connectivity index (χ2v) is 5.37. The van der Waals surface area contributed by atoms with Gasteiger partial charge in [-0.25, -0.2) is 4.39 Å². The number of halogens is 1. The quantitative estimate of drug-likeness (QED) is 0.820. The Morgan fingerprint density at radius 2 is 1.68 bits per heavy atom. The summed E-state index contributed by atoms with van der Waals surface area (Å²) < 4.78 is 24.4. The molecule has 1 spiro atoms. The van der Waals surface area contributed by atoms with Gasteiger partial charge in [0.2, 0.25) is 0 Å². The maximum Gasteiger partial charge on any atom is 0.170 e.